The van der Waals surface area contributed by atoms with Gasteiger partial charge in [0, 0.05) is 92.4 Å². The molecule has 3 saturated heterocycles. The number of hydrogen-bond donors (Lipinski definition) is 3. The molecule has 6 heterocycles. The van der Waals surface area contributed by atoms with E-state index in [1.807, 2.05) is 23.2 Å². The summed E-state index contributed by atoms with van der Waals surface area (Å²) in [4.78, 5) is 44.5. The van der Waals surface area contributed by atoms with E-state index in [4.69, 9.17) is 5.10 Å². The number of carbonyl (C=O) groups excluding carboxylic acids is 3. The molecule has 1 aliphatic carbocycles. The van der Waals surface area contributed by atoms with Gasteiger partial charge in [0.25, 0.3) is 5.91 Å². The minimum Gasteiger partial charge on any atom is -0.386 e. The highest BCUT2D eigenvalue weighted by molar-refractivity contribution is 6.05. The molecule has 0 bridgehead atoms. The van der Waals surface area contributed by atoms with Gasteiger partial charge in [-0.2, -0.15) is 15.5 Å². The minimum absolute atomic E-state index is 0.0609. The molecule has 0 spiro atoms. The molecule has 3 aromatic heterocycles. The summed E-state index contributed by atoms with van der Waals surface area (Å²) in [5.74, 6) is -3.56. The average Bonchev–Trinajstić information content (AvgIpc) is 3.99. The van der Waals surface area contributed by atoms with Gasteiger partial charge in [0.1, 0.15) is 23.4 Å². The summed E-state index contributed by atoms with van der Waals surface area (Å²) in [6, 6.07) is 14.3. The first-order chi connectivity index (χ1) is 29.3. The van der Waals surface area contributed by atoms with Crippen LogP contribution < -0.4 is 15.5 Å². The van der Waals surface area contributed by atoms with Crippen molar-refractivity contribution in [2.75, 3.05) is 56.0 Å². The van der Waals surface area contributed by atoms with Crippen LogP contribution in [0.3, 0.4) is 0 Å². The highest BCUT2D eigenvalue weighted by Crippen LogP contribution is 2.37. The number of rotatable bonds is 9. The number of aliphatic hydroxyl groups is 1. The van der Waals surface area contributed by atoms with E-state index in [1.54, 1.807) is 32.0 Å². The molecule has 318 valence electrons. The van der Waals surface area contributed by atoms with Crippen molar-refractivity contribution >= 4 is 45.5 Å². The molecular weight excluding hydrogens is 783 g/mol. The lowest BCUT2D eigenvalue weighted by Gasteiger charge is -2.42. The van der Waals surface area contributed by atoms with E-state index in [9.17, 15) is 24.8 Å². The molecular formula is C45H50F2N10O4. The second-order valence-corrected chi connectivity index (χ2v) is 17.7. The fraction of sp³-hybridized carbons (Fsp3) is 0.467. The Morgan fingerprint density at radius 2 is 1.70 bits per heavy atom. The first-order valence-electron chi connectivity index (χ1n) is 21.3. The van der Waals surface area contributed by atoms with Crippen LogP contribution >= 0.6 is 0 Å². The van der Waals surface area contributed by atoms with Gasteiger partial charge in [-0.3, -0.25) is 29.3 Å². The van der Waals surface area contributed by atoms with Gasteiger partial charge in [-0.1, -0.05) is 0 Å². The molecule has 3 amide bonds. The number of carbonyl (C=O) groups is 3. The molecule has 4 aliphatic rings. The number of imide groups is 1. The van der Waals surface area contributed by atoms with E-state index in [2.05, 4.69) is 36.3 Å². The fourth-order valence-corrected chi connectivity index (χ4v) is 9.94. The number of anilines is 2. The lowest BCUT2D eigenvalue weighted by Crippen LogP contribution is -2.52. The highest BCUT2D eigenvalue weighted by atomic mass is 19.1. The van der Waals surface area contributed by atoms with Crippen LogP contribution in [0.2, 0.25) is 0 Å². The Morgan fingerprint density at radius 1 is 0.967 bits per heavy atom. The first kappa shape index (κ1) is 40.6. The monoisotopic (exact) mass is 832 g/mol. The van der Waals surface area contributed by atoms with Crippen molar-refractivity contribution in [2.24, 2.45) is 5.92 Å². The number of aromatic nitrogens is 4. The Hall–Kier alpha value is -5.76. The average molecular weight is 833 g/mol. The number of nitrogens with one attached hydrogen (secondary N) is 2. The predicted octanol–water partition coefficient (Wildman–Crippen LogP) is 5.46. The molecule has 14 nitrogen and oxygen atoms in total. The maximum atomic E-state index is 15.2. The summed E-state index contributed by atoms with van der Waals surface area (Å²) < 4.78 is 34.0. The smallest absolute Gasteiger partial charge is 0.274 e. The second kappa shape index (κ2) is 16.3. The number of benzene rings is 2. The van der Waals surface area contributed by atoms with Gasteiger partial charge in [-0.15, -0.1) is 0 Å². The minimum atomic E-state index is -1.25. The van der Waals surface area contributed by atoms with E-state index in [-0.39, 0.29) is 30.4 Å². The summed E-state index contributed by atoms with van der Waals surface area (Å²) in [7, 11) is 0. The summed E-state index contributed by atoms with van der Waals surface area (Å²) in [6.07, 6.45) is 8.68. The summed E-state index contributed by atoms with van der Waals surface area (Å²) in [5, 5.41) is 35.7. The molecule has 2 aromatic carbocycles. The number of hydrogen-bond acceptors (Lipinski definition) is 10. The van der Waals surface area contributed by atoms with E-state index in [0.29, 0.717) is 58.8 Å². The standard InChI is InChI=1S/C45H50F2N10O4/c1-45(2,61)35-21-38-29(18-39(35)50-44(60)40-9-7-32-17-28(22-48)23-49-57(32)40)26-56(52-38)31-5-3-30(4-6-31)54-15-13-53(14-16-54)24-27-11-12-55(25-27)33-19-36(46)42(37(47)20-33)34-8-10-41(58)51-43(34)59/h7,9,17-21,23,26-27,30-31,34,61H,3-6,8,10-16,24-25H2,1-2H3,(H,50,60)(H,51,58,59)/t27-,30?,31?,34-/m1/s1. The maximum absolute atomic E-state index is 15.2. The molecule has 3 N–H and O–H groups in total. The van der Waals surface area contributed by atoms with Gasteiger partial charge < -0.3 is 20.2 Å². The van der Waals surface area contributed by atoms with E-state index >= 15 is 8.78 Å². The molecule has 0 radical (unpaired) electrons. The van der Waals surface area contributed by atoms with Crippen LogP contribution in [0.15, 0.2) is 54.9 Å². The largest absolute Gasteiger partial charge is 0.386 e. The van der Waals surface area contributed by atoms with Crippen LogP contribution in [0.4, 0.5) is 20.2 Å². The topological polar surface area (TPSA) is 164 Å². The summed E-state index contributed by atoms with van der Waals surface area (Å²) in [6.45, 7) is 9.69. The first-order valence-corrected chi connectivity index (χ1v) is 21.3. The van der Waals surface area contributed by atoms with Crippen LogP contribution in [0.5, 0.6) is 0 Å². The van der Waals surface area contributed by atoms with Crippen LogP contribution in [0.1, 0.15) is 97.9 Å². The Kier molecular flexibility index (Phi) is 10.8. The van der Waals surface area contributed by atoms with Crippen LogP contribution in [-0.2, 0) is 15.2 Å². The van der Waals surface area contributed by atoms with Crippen molar-refractivity contribution in [1.29, 1.82) is 5.26 Å². The molecule has 2 atom stereocenters. The van der Waals surface area contributed by atoms with Gasteiger partial charge in [-0.05, 0) is 101 Å². The summed E-state index contributed by atoms with van der Waals surface area (Å²) in [5.41, 5.74) is 2.11. The van der Waals surface area contributed by atoms with E-state index < -0.39 is 35.0 Å². The Balaban J connectivity index is 0.774. The number of amides is 3. The lowest BCUT2D eigenvalue weighted by molar-refractivity contribution is -0.134. The van der Waals surface area contributed by atoms with Crippen LogP contribution in [0, 0.1) is 28.9 Å². The van der Waals surface area contributed by atoms with Gasteiger partial charge in [-0.25, -0.2) is 13.3 Å². The summed E-state index contributed by atoms with van der Waals surface area (Å²) >= 11 is 0. The molecule has 5 aromatic rings. The van der Waals surface area contributed by atoms with Gasteiger partial charge in [0.05, 0.1) is 40.4 Å². The fourth-order valence-electron chi connectivity index (χ4n) is 9.94. The molecule has 1 saturated carbocycles. The van der Waals surface area contributed by atoms with Crippen LogP contribution in [-0.4, -0.2) is 104 Å². The maximum Gasteiger partial charge on any atom is 0.274 e. The van der Waals surface area contributed by atoms with Crippen molar-refractivity contribution in [3.8, 4) is 6.07 Å². The third kappa shape index (κ3) is 8.21. The van der Waals surface area contributed by atoms with E-state index in [1.165, 1.54) is 22.8 Å². The van der Waals surface area contributed by atoms with Crippen LogP contribution in [0.25, 0.3) is 16.4 Å². The zero-order chi connectivity index (χ0) is 42.6. The molecule has 9 rings (SSSR count). The zero-order valence-electron chi connectivity index (χ0n) is 34.4. The Bertz CT molecular complexity index is 2540. The number of piperazine rings is 1. The van der Waals surface area contributed by atoms with Crippen molar-refractivity contribution in [1.82, 2.24) is 34.5 Å². The normalized spacial score (nSPS) is 23.1. The molecule has 0 unspecified atom stereocenters. The second-order valence-electron chi connectivity index (χ2n) is 17.7. The SMILES string of the molecule is CC(C)(O)c1cc2nn(C3CCC(N4CCN(C[C@H]5CCN(c6cc(F)c([C@H]7CCC(=O)NC7=O)c(F)c6)C5)CC4)CC3)cc2cc1NC(=O)c1ccc2cc(C#N)cnn12. The number of piperidine rings is 1. The highest BCUT2D eigenvalue weighted by Gasteiger charge is 2.35. The van der Waals surface area contributed by atoms with Gasteiger partial charge in [0.2, 0.25) is 11.8 Å². The number of fused-ring (bicyclic) bond motifs is 2. The van der Waals surface area contributed by atoms with Gasteiger partial charge >= 0.3 is 0 Å². The predicted molar refractivity (Wildman–Crippen MR) is 224 cm³/mol. The van der Waals surface area contributed by atoms with Crippen molar-refractivity contribution in [2.45, 2.75) is 82.4 Å². The molecule has 4 fully saturated rings. The Labute approximate surface area is 352 Å². The number of halogens is 2. The third-order valence-electron chi connectivity index (χ3n) is 13.2. The lowest BCUT2D eigenvalue weighted by atomic mass is 9.89. The zero-order valence-corrected chi connectivity index (χ0v) is 34.4. The van der Waals surface area contributed by atoms with Crippen molar-refractivity contribution < 1.29 is 28.3 Å². The van der Waals surface area contributed by atoms with E-state index in [0.717, 1.165) is 75.7 Å². The molecule has 16 heteroatoms. The third-order valence-corrected chi connectivity index (χ3v) is 13.2. The molecule has 3 aliphatic heterocycles. The Morgan fingerprint density at radius 3 is 2.41 bits per heavy atom. The number of nitriles is 1. The molecule has 61 heavy (non-hydrogen) atoms. The van der Waals surface area contributed by atoms with Crippen molar-refractivity contribution in [3.05, 3.63) is 88.9 Å². The quantitative estimate of drug-likeness (QED) is 0.163. The number of nitrogens with zero attached hydrogens (tertiary/aromatic N) is 8. The van der Waals surface area contributed by atoms with Gasteiger partial charge in [0.15, 0.2) is 0 Å². The van der Waals surface area contributed by atoms with Crippen molar-refractivity contribution in [3.63, 3.8) is 0 Å².